The molecule has 0 radical (unpaired) electrons. The van der Waals surface area contributed by atoms with Crippen LogP contribution in [-0.2, 0) is 0 Å². The molecule has 17 heavy (non-hydrogen) atoms. The van der Waals surface area contributed by atoms with Gasteiger partial charge >= 0.3 is 0 Å². The molecule has 2 saturated carbocycles. The third kappa shape index (κ3) is 3.45. The summed E-state index contributed by atoms with van der Waals surface area (Å²) in [5.74, 6) is 1.01. The number of hydrogen-bond acceptors (Lipinski definition) is 2. The molecule has 2 aliphatic rings. The number of nitrogens with one attached hydrogen (secondary N) is 1. The molecule has 2 heteroatoms. The smallest absolute Gasteiger partial charge is 0.0254 e. The summed E-state index contributed by atoms with van der Waals surface area (Å²) in [6.45, 7) is 9.77. The van der Waals surface area contributed by atoms with E-state index in [9.17, 15) is 0 Å². The van der Waals surface area contributed by atoms with Gasteiger partial charge in [0.05, 0.1) is 0 Å². The van der Waals surface area contributed by atoms with E-state index in [1.165, 1.54) is 45.2 Å². The maximum atomic E-state index is 3.56. The first-order valence-electron chi connectivity index (χ1n) is 7.47. The van der Waals surface area contributed by atoms with Crippen LogP contribution in [0.4, 0.5) is 0 Å². The fourth-order valence-electron chi connectivity index (χ4n) is 3.40. The zero-order chi connectivity index (χ0) is 12.5. The molecule has 2 nitrogen and oxygen atoms in total. The van der Waals surface area contributed by atoms with E-state index in [2.05, 4.69) is 38.0 Å². The molecule has 0 amide bonds. The van der Waals surface area contributed by atoms with Crippen LogP contribution in [0.2, 0.25) is 0 Å². The van der Waals surface area contributed by atoms with Gasteiger partial charge in [0.1, 0.15) is 0 Å². The average Bonchev–Trinajstić information content (AvgIpc) is 3.08. The van der Waals surface area contributed by atoms with Gasteiger partial charge in [-0.1, -0.05) is 20.8 Å². The predicted molar refractivity (Wildman–Crippen MR) is 74.2 cm³/mol. The lowest BCUT2D eigenvalue weighted by molar-refractivity contribution is 0.0677. The lowest BCUT2D eigenvalue weighted by Gasteiger charge is -2.46. The summed E-state index contributed by atoms with van der Waals surface area (Å²) in [6, 6.07) is 1.47. The number of rotatable bonds is 5. The second-order valence-electron chi connectivity index (χ2n) is 6.90. The Morgan fingerprint density at radius 2 is 1.94 bits per heavy atom. The normalized spacial score (nSPS) is 33.0. The molecule has 0 bridgehead atoms. The predicted octanol–water partition coefficient (Wildman–Crippen LogP) is 2.89. The van der Waals surface area contributed by atoms with E-state index in [0.717, 1.165) is 12.0 Å². The van der Waals surface area contributed by atoms with Crippen LogP contribution in [0.1, 0.15) is 52.9 Å². The average molecular weight is 238 g/mol. The van der Waals surface area contributed by atoms with Crippen molar-refractivity contribution in [3.05, 3.63) is 0 Å². The Morgan fingerprint density at radius 3 is 2.47 bits per heavy atom. The maximum absolute atomic E-state index is 3.56. The first kappa shape index (κ1) is 13.4. The van der Waals surface area contributed by atoms with Crippen molar-refractivity contribution < 1.29 is 0 Å². The molecule has 0 heterocycles. The van der Waals surface area contributed by atoms with E-state index in [1.807, 2.05) is 0 Å². The second kappa shape index (κ2) is 5.27. The van der Waals surface area contributed by atoms with Gasteiger partial charge in [0.2, 0.25) is 0 Å². The van der Waals surface area contributed by atoms with Gasteiger partial charge in [-0.05, 0) is 57.0 Å². The van der Waals surface area contributed by atoms with Crippen LogP contribution >= 0.6 is 0 Å². The summed E-state index contributed by atoms with van der Waals surface area (Å²) in [5, 5.41) is 3.56. The molecule has 0 aromatic carbocycles. The second-order valence-corrected chi connectivity index (χ2v) is 6.90. The van der Waals surface area contributed by atoms with Crippen molar-refractivity contribution in [2.75, 3.05) is 20.1 Å². The topological polar surface area (TPSA) is 15.3 Å². The van der Waals surface area contributed by atoms with Crippen molar-refractivity contribution in [1.29, 1.82) is 0 Å². The minimum Gasteiger partial charge on any atom is -0.315 e. The first-order chi connectivity index (χ1) is 8.05. The third-order valence-corrected chi connectivity index (χ3v) is 4.79. The molecule has 2 atom stereocenters. The molecule has 2 aliphatic carbocycles. The van der Waals surface area contributed by atoms with Crippen LogP contribution in [0.15, 0.2) is 0 Å². The van der Waals surface area contributed by atoms with Crippen LogP contribution in [0, 0.1) is 11.3 Å². The highest BCUT2D eigenvalue weighted by molar-refractivity contribution is 4.95. The molecule has 0 aliphatic heterocycles. The van der Waals surface area contributed by atoms with Crippen molar-refractivity contribution in [2.24, 2.45) is 11.3 Å². The maximum Gasteiger partial charge on any atom is 0.0254 e. The highest BCUT2D eigenvalue weighted by Gasteiger charge is 2.38. The van der Waals surface area contributed by atoms with Crippen molar-refractivity contribution in [1.82, 2.24) is 10.2 Å². The molecule has 0 aromatic rings. The fourth-order valence-corrected chi connectivity index (χ4v) is 3.40. The van der Waals surface area contributed by atoms with E-state index in [0.29, 0.717) is 11.5 Å². The fraction of sp³-hybridized carbons (Fsp3) is 1.00. The van der Waals surface area contributed by atoms with Crippen LogP contribution in [-0.4, -0.2) is 37.1 Å². The summed E-state index contributed by atoms with van der Waals surface area (Å²) in [7, 11) is 2.14. The van der Waals surface area contributed by atoms with E-state index in [1.54, 1.807) is 0 Å². The molecule has 2 fully saturated rings. The van der Waals surface area contributed by atoms with Gasteiger partial charge in [-0.3, -0.25) is 4.90 Å². The van der Waals surface area contributed by atoms with Gasteiger partial charge in [-0.25, -0.2) is 0 Å². The van der Waals surface area contributed by atoms with Gasteiger partial charge < -0.3 is 5.32 Å². The van der Waals surface area contributed by atoms with Crippen molar-refractivity contribution >= 4 is 0 Å². The molecule has 2 unspecified atom stereocenters. The summed E-state index contributed by atoms with van der Waals surface area (Å²) < 4.78 is 0. The Hall–Kier alpha value is -0.0800. The summed E-state index contributed by atoms with van der Waals surface area (Å²) in [6.07, 6.45) is 7.01. The summed E-state index contributed by atoms with van der Waals surface area (Å²) in [4.78, 5) is 2.75. The highest BCUT2D eigenvalue weighted by atomic mass is 15.2. The largest absolute Gasteiger partial charge is 0.315 e. The van der Waals surface area contributed by atoms with Crippen LogP contribution in [0.25, 0.3) is 0 Å². The number of likely N-dealkylation sites (N-methyl/N-ethyl adjacent to an activating group) is 2. The minimum absolute atomic E-state index is 0.537. The monoisotopic (exact) mass is 238 g/mol. The van der Waals surface area contributed by atoms with E-state index >= 15 is 0 Å². The summed E-state index contributed by atoms with van der Waals surface area (Å²) >= 11 is 0. The molecule has 0 aromatic heterocycles. The third-order valence-electron chi connectivity index (χ3n) is 4.79. The van der Waals surface area contributed by atoms with E-state index < -0.39 is 0 Å². The number of hydrogen-bond donors (Lipinski definition) is 1. The standard InChI is InChI=1S/C15H30N2/c1-5-17(11-12-6-7-12)14-10-15(2,3)9-8-13(14)16-4/h12-14,16H,5-11H2,1-4H3. The number of nitrogens with zero attached hydrogens (tertiary/aromatic N) is 1. The lowest BCUT2D eigenvalue weighted by atomic mass is 9.72. The molecule has 0 saturated heterocycles. The first-order valence-corrected chi connectivity index (χ1v) is 7.47. The van der Waals surface area contributed by atoms with Gasteiger partial charge in [-0.15, -0.1) is 0 Å². The Bertz CT molecular complexity index is 245. The summed E-state index contributed by atoms with van der Waals surface area (Å²) in [5.41, 5.74) is 0.537. The molecular formula is C15H30N2. The van der Waals surface area contributed by atoms with Crippen LogP contribution < -0.4 is 5.32 Å². The molecule has 1 N–H and O–H groups in total. The van der Waals surface area contributed by atoms with Gasteiger partial charge in [0, 0.05) is 18.6 Å². The van der Waals surface area contributed by atoms with E-state index in [-0.39, 0.29) is 0 Å². The lowest BCUT2D eigenvalue weighted by Crippen LogP contribution is -2.54. The molecule has 0 spiro atoms. The highest BCUT2D eigenvalue weighted by Crippen LogP contribution is 2.39. The van der Waals surface area contributed by atoms with Crippen molar-refractivity contribution in [2.45, 2.75) is 65.0 Å². The Balaban J connectivity index is 2.00. The van der Waals surface area contributed by atoms with Gasteiger partial charge in [-0.2, -0.15) is 0 Å². The molecule has 2 rings (SSSR count). The van der Waals surface area contributed by atoms with Crippen molar-refractivity contribution in [3.8, 4) is 0 Å². The zero-order valence-electron chi connectivity index (χ0n) is 12.1. The molecule has 100 valence electrons. The Labute approximate surface area is 107 Å². The Morgan fingerprint density at radius 1 is 1.24 bits per heavy atom. The SMILES string of the molecule is CCN(CC1CC1)C1CC(C)(C)CCC1NC. The zero-order valence-corrected chi connectivity index (χ0v) is 12.1. The minimum atomic E-state index is 0.537. The van der Waals surface area contributed by atoms with E-state index in [4.69, 9.17) is 0 Å². The van der Waals surface area contributed by atoms with Crippen LogP contribution in [0.3, 0.4) is 0 Å². The Kier molecular flexibility index (Phi) is 4.14. The van der Waals surface area contributed by atoms with Crippen molar-refractivity contribution in [3.63, 3.8) is 0 Å². The molecular weight excluding hydrogens is 208 g/mol. The van der Waals surface area contributed by atoms with Gasteiger partial charge in [0.15, 0.2) is 0 Å². The van der Waals surface area contributed by atoms with Gasteiger partial charge in [0.25, 0.3) is 0 Å². The quantitative estimate of drug-likeness (QED) is 0.792. The van der Waals surface area contributed by atoms with Crippen LogP contribution in [0.5, 0.6) is 0 Å².